The van der Waals surface area contributed by atoms with E-state index in [1.165, 1.54) is 29.3 Å². The molecule has 0 aliphatic carbocycles. The number of para-hydroxylation sites is 1. The number of hydrogen-bond acceptors (Lipinski definition) is 6. The molecule has 0 radical (unpaired) electrons. The van der Waals surface area contributed by atoms with Crippen molar-refractivity contribution in [3.63, 3.8) is 0 Å². The molecule has 0 saturated carbocycles. The average molecular weight is 439 g/mol. The van der Waals surface area contributed by atoms with Crippen molar-refractivity contribution in [2.45, 2.75) is 26.3 Å². The Kier molecular flexibility index (Phi) is 5.55. The first-order chi connectivity index (χ1) is 14.9. The van der Waals surface area contributed by atoms with Gasteiger partial charge in [0.05, 0.1) is 17.7 Å². The van der Waals surface area contributed by atoms with Crippen molar-refractivity contribution in [2.24, 2.45) is 14.1 Å². The predicted molar refractivity (Wildman–Crippen MR) is 120 cm³/mol. The van der Waals surface area contributed by atoms with Gasteiger partial charge in [0.2, 0.25) is 5.91 Å². The molecule has 0 unspecified atom stereocenters. The SMILES string of the molecule is Cc1csc(N(C(=O)CCCn2cnc3c2c(=O)n(C)c(=O)n3C)c2ccccc2)n1. The highest BCUT2D eigenvalue weighted by molar-refractivity contribution is 7.14. The average Bonchev–Trinajstić information content (AvgIpc) is 3.38. The van der Waals surface area contributed by atoms with E-state index < -0.39 is 11.2 Å². The van der Waals surface area contributed by atoms with Crippen LogP contribution in [0.5, 0.6) is 0 Å². The summed E-state index contributed by atoms with van der Waals surface area (Å²) in [5.74, 6) is -0.0785. The molecule has 3 aromatic heterocycles. The number of thiazole rings is 1. The lowest BCUT2D eigenvalue weighted by atomic mass is 10.2. The smallest absolute Gasteiger partial charge is 0.325 e. The fraction of sp³-hybridized carbons (Fsp3) is 0.286. The molecule has 0 N–H and O–H groups in total. The number of amides is 1. The fourth-order valence-corrected chi connectivity index (χ4v) is 4.30. The molecule has 0 fully saturated rings. The normalized spacial score (nSPS) is 11.2. The minimum Gasteiger partial charge on any atom is -0.325 e. The minimum atomic E-state index is -0.421. The molecule has 4 rings (SSSR count). The number of nitrogens with zero attached hydrogens (tertiary/aromatic N) is 6. The Hall–Kier alpha value is -3.53. The number of anilines is 2. The van der Waals surface area contributed by atoms with Crippen molar-refractivity contribution in [2.75, 3.05) is 4.90 Å². The lowest BCUT2D eigenvalue weighted by Crippen LogP contribution is -2.37. The Morgan fingerprint density at radius 1 is 1.13 bits per heavy atom. The van der Waals surface area contributed by atoms with E-state index >= 15 is 0 Å². The number of aryl methyl sites for hydroxylation is 3. The van der Waals surface area contributed by atoms with Crippen LogP contribution in [0.4, 0.5) is 10.8 Å². The van der Waals surface area contributed by atoms with E-state index in [4.69, 9.17) is 0 Å². The molecule has 3 heterocycles. The molecule has 0 aliphatic rings. The molecule has 160 valence electrons. The van der Waals surface area contributed by atoms with Gasteiger partial charge < -0.3 is 4.57 Å². The molecular weight excluding hydrogens is 416 g/mol. The Labute approximate surface area is 181 Å². The first-order valence-corrected chi connectivity index (χ1v) is 10.7. The van der Waals surface area contributed by atoms with Crippen LogP contribution in [0, 0.1) is 6.92 Å². The Morgan fingerprint density at radius 2 is 1.87 bits per heavy atom. The first-order valence-electron chi connectivity index (χ1n) is 9.79. The molecule has 1 aromatic carbocycles. The van der Waals surface area contributed by atoms with Gasteiger partial charge in [-0.2, -0.15) is 0 Å². The van der Waals surface area contributed by atoms with E-state index in [1.807, 2.05) is 42.6 Å². The van der Waals surface area contributed by atoms with Gasteiger partial charge >= 0.3 is 5.69 Å². The third-order valence-electron chi connectivity index (χ3n) is 5.07. The Balaban J connectivity index is 1.56. The number of rotatable bonds is 6. The maximum Gasteiger partial charge on any atom is 0.332 e. The van der Waals surface area contributed by atoms with Crippen molar-refractivity contribution < 1.29 is 4.79 Å². The molecule has 10 heteroatoms. The summed E-state index contributed by atoms with van der Waals surface area (Å²) >= 11 is 1.42. The molecular formula is C21H22N6O3S. The van der Waals surface area contributed by atoms with Crippen LogP contribution in [-0.2, 0) is 25.4 Å². The van der Waals surface area contributed by atoms with Crippen LogP contribution in [0.25, 0.3) is 11.2 Å². The number of imidazole rings is 1. The van der Waals surface area contributed by atoms with Crippen LogP contribution in [0.3, 0.4) is 0 Å². The lowest BCUT2D eigenvalue weighted by molar-refractivity contribution is -0.118. The van der Waals surface area contributed by atoms with Crippen molar-refractivity contribution in [1.82, 2.24) is 23.7 Å². The number of hydrogen-bond donors (Lipinski definition) is 0. The summed E-state index contributed by atoms with van der Waals surface area (Å²) in [5, 5.41) is 2.54. The number of carbonyl (C=O) groups excluding carboxylic acids is 1. The van der Waals surface area contributed by atoms with Crippen LogP contribution < -0.4 is 16.1 Å². The third kappa shape index (κ3) is 3.81. The second-order valence-electron chi connectivity index (χ2n) is 7.26. The molecule has 1 amide bonds. The highest BCUT2D eigenvalue weighted by atomic mass is 32.1. The molecule has 0 spiro atoms. The summed E-state index contributed by atoms with van der Waals surface area (Å²) in [5.41, 5.74) is 1.50. The Bertz CT molecular complexity index is 1370. The maximum absolute atomic E-state index is 13.1. The summed E-state index contributed by atoms with van der Waals surface area (Å²) < 4.78 is 4.11. The van der Waals surface area contributed by atoms with Crippen LogP contribution >= 0.6 is 11.3 Å². The second kappa shape index (κ2) is 8.31. The van der Waals surface area contributed by atoms with E-state index in [2.05, 4.69) is 9.97 Å². The quantitative estimate of drug-likeness (QED) is 0.461. The molecule has 0 aliphatic heterocycles. The Morgan fingerprint density at radius 3 is 2.55 bits per heavy atom. The van der Waals surface area contributed by atoms with E-state index in [0.717, 1.165) is 15.9 Å². The summed E-state index contributed by atoms with van der Waals surface area (Å²) in [6, 6.07) is 9.42. The van der Waals surface area contributed by atoms with Crippen LogP contribution in [-0.4, -0.2) is 29.6 Å². The zero-order valence-electron chi connectivity index (χ0n) is 17.5. The topological polar surface area (TPSA) is 95.0 Å². The van der Waals surface area contributed by atoms with Crippen LogP contribution in [0.2, 0.25) is 0 Å². The summed E-state index contributed by atoms with van der Waals surface area (Å²) in [6.07, 6.45) is 2.30. The van der Waals surface area contributed by atoms with Gasteiger partial charge in [-0.05, 0) is 25.5 Å². The fourth-order valence-electron chi connectivity index (χ4n) is 3.46. The van der Waals surface area contributed by atoms with E-state index in [-0.39, 0.29) is 12.3 Å². The van der Waals surface area contributed by atoms with Crippen molar-refractivity contribution in [1.29, 1.82) is 0 Å². The van der Waals surface area contributed by atoms with E-state index in [0.29, 0.717) is 29.3 Å². The second-order valence-corrected chi connectivity index (χ2v) is 8.09. The zero-order valence-corrected chi connectivity index (χ0v) is 18.3. The minimum absolute atomic E-state index is 0.0785. The number of benzene rings is 1. The van der Waals surface area contributed by atoms with Gasteiger partial charge in [-0.15, -0.1) is 11.3 Å². The van der Waals surface area contributed by atoms with Crippen molar-refractivity contribution in [3.05, 3.63) is 68.6 Å². The highest BCUT2D eigenvalue weighted by Gasteiger charge is 2.21. The van der Waals surface area contributed by atoms with Gasteiger partial charge in [-0.25, -0.2) is 14.8 Å². The van der Waals surface area contributed by atoms with E-state index in [9.17, 15) is 14.4 Å². The number of carbonyl (C=O) groups is 1. The number of aromatic nitrogens is 5. The monoisotopic (exact) mass is 438 g/mol. The van der Waals surface area contributed by atoms with Crippen molar-refractivity contribution in [3.8, 4) is 0 Å². The first kappa shape index (κ1) is 20.7. The number of fused-ring (bicyclic) bond motifs is 1. The predicted octanol–water partition coefficient (Wildman–Crippen LogP) is 2.34. The summed E-state index contributed by atoms with van der Waals surface area (Å²) in [4.78, 5) is 48.1. The summed E-state index contributed by atoms with van der Waals surface area (Å²) in [7, 11) is 3.03. The van der Waals surface area contributed by atoms with Gasteiger partial charge in [-0.3, -0.25) is 23.6 Å². The summed E-state index contributed by atoms with van der Waals surface area (Å²) in [6.45, 7) is 2.32. The third-order valence-corrected chi connectivity index (χ3v) is 6.01. The molecule has 31 heavy (non-hydrogen) atoms. The van der Waals surface area contributed by atoms with Gasteiger partial charge in [0.15, 0.2) is 16.3 Å². The largest absolute Gasteiger partial charge is 0.332 e. The van der Waals surface area contributed by atoms with Gasteiger partial charge in [0, 0.05) is 32.4 Å². The molecule has 0 saturated heterocycles. The molecule has 4 aromatic rings. The van der Waals surface area contributed by atoms with Gasteiger partial charge in [0.1, 0.15) is 0 Å². The molecule has 0 bridgehead atoms. The molecule has 9 nitrogen and oxygen atoms in total. The lowest BCUT2D eigenvalue weighted by Gasteiger charge is -2.20. The zero-order chi connectivity index (χ0) is 22.1. The van der Waals surface area contributed by atoms with Crippen molar-refractivity contribution >= 4 is 39.2 Å². The van der Waals surface area contributed by atoms with E-state index in [1.54, 1.807) is 16.5 Å². The molecule has 0 atom stereocenters. The maximum atomic E-state index is 13.1. The standard InChI is InChI=1S/C21H22N6O3S/c1-14-12-31-20(23-14)27(15-8-5-4-6-9-15)16(28)10-7-11-26-13-22-18-17(26)19(29)25(3)21(30)24(18)2/h4-6,8-9,12-13H,7,10-11H2,1-3H3. The highest BCUT2D eigenvalue weighted by Crippen LogP contribution is 2.29. The van der Waals surface area contributed by atoms with Gasteiger partial charge in [-0.1, -0.05) is 18.2 Å². The van der Waals surface area contributed by atoms with Crippen LogP contribution in [0.1, 0.15) is 18.5 Å². The van der Waals surface area contributed by atoms with Crippen LogP contribution in [0.15, 0.2) is 51.6 Å². The van der Waals surface area contributed by atoms with Gasteiger partial charge in [0.25, 0.3) is 5.56 Å².